The lowest BCUT2D eigenvalue weighted by Gasteiger charge is -2.53. The minimum absolute atomic E-state index is 0.0830. The molecule has 0 spiro atoms. The van der Waals surface area contributed by atoms with E-state index in [0.717, 1.165) is 64.2 Å². The van der Waals surface area contributed by atoms with Gasteiger partial charge in [-0.1, -0.05) is 70.9 Å². The number of unbranched alkanes of at least 4 members (excludes halogenated alkanes) is 5. The van der Waals surface area contributed by atoms with Crippen molar-refractivity contribution in [2.24, 2.45) is 0 Å². The molecule has 2 aliphatic rings. The molecule has 0 N–H and O–H groups in total. The minimum Gasteiger partial charge on any atom is -0.462 e. The summed E-state index contributed by atoms with van der Waals surface area (Å²) in [6.07, 6.45) is 9.64. The SMILES string of the molecule is CC1(C)CC(OC(=O)CCCCCCCCC(=O)OC2CC(C)(C)N(OCI)C(C)(C)C2)CC(C)(C)N1OCI. The summed E-state index contributed by atoms with van der Waals surface area (Å²) < 4.78 is 13.0. The molecule has 0 radical (unpaired) electrons. The van der Waals surface area contributed by atoms with Gasteiger partial charge in [0.1, 0.15) is 21.4 Å². The molecule has 0 aromatic rings. The van der Waals surface area contributed by atoms with E-state index in [9.17, 15) is 9.59 Å². The number of alkyl halides is 2. The van der Waals surface area contributed by atoms with E-state index in [1.165, 1.54) is 0 Å². The van der Waals surface area contributed by atoms with Gasteiger partial charge in [-0.3, -0.25) is 19.3 Å². The summed E-state index contributed by atoms with van der Waals surface area (Å²) in [4.78, 5) is 36.8. The van der Waals surface area contributed by atoms with Gasteiger partial charge in [0.2, 0.25) is 0 Å². The highest BCUT2D eigenvalue weighted by Gasteiger charge is 2.48. The number of hydrogen-bond acceptors (Lipinski definition) is 8. The van der Waals surface area contributed by atoms with Gasteiger partial charge < -0.3 is 9.47 Å². The maximum atomic E-state index is 12.5. The second-order valence-electron chi connectivity index (χ2n) is 14.0. The molecule has 2 heterocycles. The van der Waals surface area contributed by atoms with E-state index < -0.39 is 0 Å². The Hall–Kier alpha value is 0.240. The van der Waals surface area contributed by atoms with Crippen LogP contribution in [0.5, 0.6) is 0 Å². The summed E-state index contributed by atoms with van der Waals surface area (Å²) in [5.41, 5.74) is -0.784. The number of piperidine rings is 2. The van der Waals surface area contributed by atoms with Crippen LogP contribution in [0, 0.1) is 0 Å². The van der Waals surface area contributed by atoms with Crippen LogP contribution in [0.4, 0.5) is 0 Å². The molecule has 8 nitrogen and oxygen atoms in total. The van der Waals surface area contributed by atoms with Crippen molar-refractivity contribution < 1.29 is 28.7 Å². The summed E-state index contributed by atoms with van der Waals surface area (Å²) in [7, 11) is 0. The molecular formula is C30H54I2N2O6. The van der Waals surface area contributed by atoms with Crippen molar-refractivity contribution in [3.63, 3.8) is 0 Å². The highest BCUT2D eigenvalue weighted by Crippen LogP contribution is 2.41. The van der Waals surface area contributed by atoms with Crippen molar-refractivity contribution >= 4 is 57.1 Å². The van der Waals surface area contributed by atoms with E-state index in [-0.39, 0.29) is 46.3 Å². The molecule has 0 atom stereocenters. The van der Waals surface area contributed by atoms with Crippen LogP contribution < -0.4 is 0 Å². The first-order valence-corrected chi connectivity index (χ1v) is 18.0. The van der Waals surface area contributed by atoms with Gasteiger partial charge in [-0.2, -0.15) is 10.1 Å². The summed E-state index contributed by atoms with van der Waals surface area (Å²) in [6.45, 7) is 17.2. The van der Waals surface area contributed by atoms with Crippen LogP contribution in [-0.4, -0.2) is 65.7 Å². The predicted molar refractivity (Wildman–Crippen MR) is 175 cm³/mol. The summed E-state index contributed by atoms with van der Waals surface area (Å²) in [6, 6.07) is 0. The van der Waals surface area contributed by atoms with E-state index in [0.29, 0.717) is 22.1 Å². The van der Waals surface area contributed by atoms with Crippen LogP contribution >= 0.6 is 45.2 Å². The van der Waals surface area contributed by atoms with E-state index in [2.05, 4.69) is 111 Å². The van der Waals surface area contributed by atoms with Crippen LogP contribution in [0.15, 0.2) is 0 Å². The molecular weight excluding hydrogens is 738 g/mol. The number of ether oxygens (including phenoxy) is 2. The molecule has 2 aliphatic heterocycles. The maximum Gasteiger partial charge on any atom is 0.306 e. The average Bonchev–Trinajstić information content (AvgIpc) is 2.79. The molecule has 0 bridgehead atoms. The van der Waals surface area contributed by atoms with Crippen molar-refractivity contribution in [3.8, 4) is 0 Å². The highest BCUT2D eigenvalue weighted by molar-refractivity contribution is 14.1. The number of nitrogens with zero attached hydrogens (tertiary/aromatic N) is 2. The van der Waals surface area contributed by atoms with Gasteiger partial charge in [-0.15, -0.1) is 0 Å². The Kier molecular flexibility index (Phi) is 14.4. The first-order valence-electron chi connectivity index (χ1n) is 14.9. The van der Waals surface area contributed by atoms with Gasteiger partial charge >= 0.3 is 11.9 Å². The lowest BCUT2D eigenvalue weighted by atomic mass is 9.80. The zero-order valence-electron chi connectivity index (χ0n) is 26.2. The first kappa shape index (κ1) is 36.4. The second-order valence-corrected chi connectivity index (χ2v) is 15.2. The molecule has 0 saturated carbocycles. The van der Waals surface area contributed by atoms with Gasteiger partial charge in [0.25, 0.3) is 0 Å². The smallest absolute Gasteiger partial charge is 0.306 e. The number of rotatable bonds is 15. The Morgan fingerprint density at radius 2 is 0.850 bits per heavy atom. The molecule has 2 saturated heterocycles. The maximum absolute atomic E-state index is 12.5. The third kappa shape index (κ3) is 11.1. The molecule has 0 amide bonds. The number of esters is 2. The van der Waals surface area contributed by atoms with Crippen LogP contribution in [-0.2, 0) is 28.7 Å². The standard InChI is InChI=1S/C30H54I2N2O6/c1-27(2)17-23(18-28(3,4)33(27)37-21-31)39-25(35)15-13-11-9-10-12-14-16-26(36)40-24-19-29(5,6)34(38-22-32)30(7,8)20-24/h23-24H,9-22H2,1-8H3. The highest BCUT2D eigenvalue weighted by atomic mass is 127. The van der Waals surface area contributed by atoms with Crippen molar-refractivity contribution in [2.45, 2.75) is 167 Å². The summed E-state index contributed by atoms with van der Waals surface area (Å²) in [5.74, 6) is -0.193. The normalized spacial score (nSPS) is 23.1. The lowest BCUT2D eigenvalue weighted by Crippen LogP contribution is -2.61. The molecule has 0 aromatic carbocycles. The minimum atomic E-state index is -0.196. The first-order chi connectivity index (χ1) is 18.5. The van der Waals surface area contributed by atoms with Crippen molar-refractivity contribution in [3.05, 3.63) is 0 Å². The molecule has 2 rings (SSSR count). The quantitative estimate of drug-likeness (QED) is 0.0718. The Morgan fingerprint density at radius 3 is 1.12 bits per heavy atom. The van der Waals surface area contributed by atoms with Crippen LogP contribution in [0.25, 0.3) is 0 Å². The van der Waals surface area contributed by atoms with E-state index in [1.54, 1.807) is 0 Å². The monoisotopic (exact) mass is 792 g/mol. The number of hydroxylamine groups is 4. The van der Waals surface area contributed by atoms with E-state index in [4.69, 9.17) is 19.1 Å². The lowest BCUT2D eigenvalue weighted by molar-refractivity contribution is -0.280. The van der Waals surface area contributed by atoms with Gasteiger partial charge in [0, 0.05) is 60.7 Å². The molecule has 10 heteroatoms. The summed E-state index contributed by atoms with van der Waals surface area (Å²) >= 11 is 4.44. The molecule has 40 heavy (non-hydrogen) atoms. The Balaban J connectivity index is 1.58. The number of carbonyl (C=O) groups excluding carboxylic acids is 2. The zero-order valence-corrected chi connectivity index (χ0v) is 30.5. The Labute approximate surface area is 270 Å². The van der Waals surface area contributed by atoms with Gasteiger partial charge in [0.15, 0.2) is 0 Å². The fourth-order valence-corrected chi connectivity index (χ4v) is 7.60. The molecule has 0 aromatic heterocycles. The van der Waals surface area contributed by atoms with Crippen LogP contribution in [0.2, 0.25) is 0 Å². The molecule has 0 aliphatic carbocycles. The van der Waals surface area contributed by atoms with E-state index in [1.807, 2.05) is 0 Å². The van der Waals surface area contributed by atoms with E-state index >= 15 is 0 Å². The van der Waals surface area contributed by atoms with Crippen LogP contribution in [0.3, 0.4) is 0 Å². The number of carbonyl (C=O) groups is 2. The van der Waals surface area contributed by atoms with Crippen LogP contribution in [0.1, 0.15) is 132 Å². The number of halogens is 2. The topological polar surface area (TPSA) is 77.5 Å². The van der Waals surface area contributed by atoms with Gasteiger partial charge in [-0.25, -0.2) is 0 Å². The van der Waals surface area contributed by atoms with Gasteiger partial charge in [0.05, 0.1) is 0 Å². The molecule has 234 valence electrons. The largest absolute Gasteiger partial charge is 0.462 e. The third-order valence-corrected chi connectivity index (χ3v) is 8.63. The molecule has 2 fully saturated rings. The molecule has 0 unspecified atom stereocenters. The summed E-state index contributed by atoms with van der Waals surface area (Å²) in [5, 5.41) is 4.15. The number of hydrogen-bond donors (Lipinski definition) is 0. The van der Waals surface area contributed by atoms with Gasteiger partial charge in [-0.05, 0) is 68.2 Å². The predicted octanol–water partition coefficient (Wildman–Crippen LogP) is 7.89. The zero-order chi connectivity index (χ0) is 30.2. The fraction of sp³-hybridized carbons (Fsp3) is 0.933. The van der Waals surface area contributed by atoms with Crippen molar-refractivity contribution in [1.29, 1.82) is 0 Å². The fourth-order valence-electron chi connectivity index (χ4n) is 7.04. The Bertz CT molecular complexity index is 718. The average molecular weight is 793 g/mol. The second kappa shape index (κ2) is 15.8. The third-order valence-electron chi connectivity index (χ3n) is 8.07. The Morgan fingerprint density at radius 1 is 0.575 bits per heavy atom. The van der Waals surface area contributed by atoms with Crippen molar-refractivity contribution in [2.75, 3.05) is 9.23 Å². The van der Waals surface area contributed by atoms with Crippen molar-refractivity contribution in [1.82, 2.24) is 10.1 Å².